The van der Waals surface area contributed by atoms with E-state index in [4.69, 9.17) is 19.3 Å². The second-order valence-electron chi connectivity index (χ2n) is 10.8. The van der Waals surface area contributed by atoms with Crippen molar-refractivity contribution in [2.45, 2.75) is 4.90 Å². The fourth-order valence-electron chi connectivity index (χ4n) is 5.68. The van der Waals surface area contributed by atoms with Crippen molar-refractivity contribution in [1.29, 1.82) is 0 Å². The number of rotatable bonds is 5. The van der Waals surface area contributed by atoms with Crippen LogP contribution in [0.2, 0.25) is 0 Å². The van der Waals surface area contributed by atoms with Gasteiger partial charge in [-0.3, -0.25) is 0 Å². The van der Waals surface area contributed by atoms with Crippen LogP contribution < -0.4 is 0 Å². The van der Waals surface area contributed by atoms with Gasteiger partial charge in [0.25, 0.3) is 0 Å². The molecule has 0 bridgehead atoms. The van der Waals surface area contributed by atoms with Gasteiger partial charge in [0.05, 0.1) is 10.6 Å². The molecular weight excluding hydrogens is 573 g/mol. The van der Waals surface area contributed by atoms with Crippen molar-refractivity contribution in [3.05, 3.63) is 168 Å². The van der Waals surface area contributed by atoms with Gasteiger partial charge in [-0.25, -0.2) is 19.2 Å². The summed E-state index contributed by atoms with van der Waals surface area (Å²) in [5, 5.41) is 3.85. The van der Waals surface area contributed by atoms with E-state index in [1.165, 1.54) is 0 Å². The molecule has 6 heteroatoms. The summed E-state index contributed by atoms with van der Waals surface area (Å²) in [4.78, 5) is 15.4. The molecule has 0 saturated carbocycles. The van der Waals surface area contributed by atoms with Crippen LogP contribution in [0.3, 0.4) is 0 Å². The molecule has 0 amide bonds. The highest BCUT2D eigenvalue weighted by molar-refractivity contribution is 7.96. The Bertz CT molecular complexity index is 2310. The van der Waals surface area contributed by atoms with E-state index in [9.17, 15) is 4.21 Å². The van der Waals surface area contributed by atoms with E-state index in [1.54, 1.807) is 0 Å². The minimum atomic E-state index is -2.91. The van der Waals surface area contributed by atoms with Gasteiger partial charge in [-0.2, -0.15) is 4.36 Å². The van der Waals surface area contributed by atoms with E-state index in [0.29, 0.717) is 22.4 Å². The number of nitrogens with zero attached hydrogens (tertiary/aromatic N) is 4. The summed E-state index contributed by atoms with van der Waals surface area (Å²) in [6.07, 6.45) is 0. The van der Waals surface area contributed by atoms with E-state index >= 15 is 0 Å². The first-order valence-electron chi connectivity index (χ1n) is 14.7. The molecule has 1 aromatic heterocycles. The fourth-order valence-corrected chi connectivity index (χ4v) is 7.57. The Balaban J connectivity index is 1.33. The first-order valence-corrected chi connectivity index (χ1v) is 16.3. The van der Waals surface area contributed by atoms with E-state index in [1.807, 2.05) is 133 Å². The summed E-state index contributed by atoms with van der Waals surface area (Å²) < 4.78 is 19.6. The molecule has 0 spiro atoms. The maximum atomic E-state index is 14.7. The molecule has 45 heavy (non-hydrogen) atoms. The molecular formula is C39H26N4OS. The summed E-state index contributed by atoms with van der Waals surface area (Å²) in [5.41, 5.74) is 6.10. The minimum Gasteiger partial charge on any atom is -0.240 e. The minimum absolute atomic E-state index is 0.563. The van der Waals surface area contributed by atoms with Gasteiger partial charge in [-0.1, -0.05) is 133 Å². The van der Waals surface area contributed by atoms with Crippen molar-refractivity contribution in [2.75, 3.05) is 0 Å². The maximum Gasteiger partial charge on any atom is 0.164 e. The predicted molar refractivity (Wildman–Crippen MR) is 182 cm³/mol. The standard InChI is InChI=1S/C39H26N4OS/c44-45(32-20-8-3-9-21-32)26-35(34-24-23-27-13-10-11-22-33(27)36(34)43-45)30-18-12-19-31(25-30)39-41-37(28-14-4-1-5-15-28)40-38(42-39)29-16-6-2-7-17-29/h1-26H. The SMILES string of the molecule is O=S1(c2ccccc2)=Nc2c(ccc3ccccc23)C(c2cccc(-c3nc(-c4ccccc4)nc(-c4ccccc4)n3)c2)=C1. The number of benzene rings is 6. The molecule has 8 rings (SSSR count). The Labute approximate surface area is 261 Å². The maximum absolute atomic E-state index is 14.7. The number of hydrogen-bond donors (Lipinski definition) is 0. The first kappa shape index (κ1) is 26.9. The highest BCUT2D eigenvalue weighted by Crippen LogP contribution is 2.43. The molecule has 0 N–H and O–H groups in total. The highest BCUT2D eigenvalue weighted by atomic mass is 32.2. The van der Waals surface area contributed by atoms with Gasteiger partial charge in [0.1, 0.15) is 9.73 Å². The molecule has 0 aliphatic carbocycles. The Kier molecular flexibility index (Phi) is 6.62. The van der Waals surface area contributed by atoms with E-state index < -0.39 is 9.73 Å². The molecule has 0 saturated heterocycles. The largest absolute Gasteiger partial charge is 0.240 e. The monoisotopic (exact) mass is 598 g/mol. The Morgan fingerprint density at radius 3 is 1.67 bits per heavy atom. The van der Waals surface area contributed by atoms with Crippen LogP contribution in [-0.4, -0.2) is 19.2 Å². The summed E-state index contributed by atoms with van der Waals surface area (Å²) >= 11 is 0. The third-order valence-corrected chi connectivity index (χ3v) is 9.86. The molecule has 1 unspecified atom stereocenters. The zero-order chi connectivity index (χ0) is 30.2. The van der Waals surface area contributed by atoms with Gasteiger partial charge < -0.3 is 0 Å². The molecule has 0 fully saturated rings. The smallest absolute Gasteiger partial charge is 0.164 e. The van der Waals surface area contributed by atoms with Crippen LogP contribution in [0.5, 0.6) is 0 Å². The van der Waals surface area contributed by atoms with Crippen LogP contribution >= 0.6 is 0 Å². The van der Waals surface area contributed by atoms with Gasteiger partial charge >= 0.3 is 0 Å². The molecule has 1 atom stereocenters. The Hall–Kier alpha value is -5.72. The van der Waals surface area contributed by atoms with Crippen LogP contribution in [0, 0.1) is 0 Å². The van der Waals surface area contributed by atoms with Crippen LogP contribution in [0.1, 0.15) is 11.1 Å². The van der Waals surface area contributed by atoms with Gasteiger partial charge in [0.2, 0.25) is 0 Å². The van der Waals surface area contributed by atoms with Crippen molar-refractivity contribution in [3.63, 3.8) is 0 Å². The lowest BCUT2D eigenvalue weighted by atomic mass is 9.94. The lowest BCUT2D eigenvalue weighted by Gasteiger charge is -2.21. The van der Waals surface area contributed by atoms with Crippen molar-refractivity contribution < 1.29 is 4.21 Å². The van der Waals surface area contributed by atoms with Crippen LogP contribution in [0.25, 0.3) is 50.5 Å². The third-order valence-electron chi connectivity index (χ3n) is 7.91. The van der Waals surface area contributed by atoms with Gasteiger partial charge in [-0.05, 0) is 29.1 Å². The molecule has 5 nitrogen and oxygen atoms in total. The van der Waals surface area contributed by atoms with Crippen molar-refractivity contribution in [2.24, 2.45) is 4.36 Å². The summed E-state index contributed by atoms with van der Waals surface area (Å²) in [6, 6.07) is 49.8. The third kappa shape index (κ3) is 5.01. The molecule has 214 valence electrons. The average molecular weight is 599 g/mol. The molecule has 1 aliphatic rings. The quantitative estimate of drug-likeness (QED) is 0.198. The fraction of sp³-hybridized carbons (Fsp3) is 0. The number of aromatic nitrogens is 3. The molecule has 2 heterocycles. The van der Waals surface area contributed by atoms with Crippen LogP contribution in [0.4, 0.5) is 5.69 Å². The molecule has 1 aliphatic heterocycles. The zero-order valence-corrected chi connectivity index (χ0v) is 24.9. The highest BCUT2D eigenvalue weighted by Gasteiger charge is 2.24. The lowest BCUT2D eigenvalue weighted by Crippen LogP contribution is -2.05. The number of hydrogen-bond acceptors (Lipinski definition) is 5. The van der Waals surface area contributed by atoms with E-state index in [2.05, 4.69) is 24.3 Å². The molecule has 7 aromatic rings. The van der Waals surface area contributed by atoms with Crippen LogP contribution in [-0.2, 0) is 9.73 Å². The number of fused-ring (bicyclic) bond motifs is 3. The second-order valence-corrected chi connectivity index (χ2v) is 12.8. The van der Waals surface area contributed by atoms with Crippen molar-refractivity contribution in [3.8, 4) is 34.2 Å². The molecule has 0 radical (unpaired) electrons. The second kappa shape index (κ2) is 11.1. The Morgan fingerprint density at radius 2 is 1.00 bits per heavy atom. The van der Waals surface area contributed by atoms with Crippen LogP contribution in [0.15, 0.2) is 166 Å². The summed E-state index contributed by atoms with van der Waals surface area (Å²) in [5.74, 6) is 1.77. The first-order chi connectivity index (χ1) is 22.1. The Morgan fingerprint density at radius 1 is 0.467 bits per heavy atom. The van der Waals surface area contributed by atoms with E-state index in [0.717, 1.165) is 49.9 Å². The summed E-state index contributed by atoms with van der Waals surface area (Å²) in [7, 11) is -2.91. The average Bonchev–Trinajstić information content (AvgIpc) is 3.12. The van der Waals surface area contributed by atoms with Gasteiger partial charge in [0.15, 0.2) is 17.5 Å². The topological polar surface area (TPSA) is 68.1 Å². The van der Waals surface area contributed by atoms with Crippen molar-refractivity contribution >= 4 is 31.8 Å². The van der Waals surface area contributed by atoms with Gasteiger partial charge in [0, 0.05) is 38.6 Å². The summed E-state index contributed by atoms with van der Waals surface area (Å²) in [6.45, 7) is 0. The molecule has 6 aromatic carbocycles. The normalized spacial score (nSPS) is 15.6. The lowest BCUT2D eigenvalue weighted by molar-refractivity contribution is 0.682. The predicted octanol–water partition coefficient (Wildman–Crippen LogP) is 9.59. The zero-order valence-electron chi connectivity index (χ0n) is 24.1. The van der Waals surface area contributed by atoms with Crippen molar-refractivity contribution in [1.82, 2.24) is 15.0 Å². The van der Waals surface area contributed by atoms with Gasteiger partial charge in [-0.15, -0.1) is 0 Å². The van der Waals surface area contributed by atoms with E-state index in [-0.39, 0.29) is 0 Å².